The normalized spacial score (nSPS) is 20.4. The van der Waals surface area contributed by atoms with Crippen LogP contribution in [0.5, 0.6) is 5.75 Å². The Kier molecular flexibility index (Phi) is 8.06. The number of piperidine rings is 2. The second-order valence-electron chi connectivity index (χ2n) is 10.3. The molecule has 2 aromatic rings. The highest BCUT2D eigenvalue weighted by atomic mass is 16.5. The van der Waals surface area contributed by atoms with Gasteiger partial charge in [0.05, 0.1) is 35.4 Å². The third-order valence-electron chi connectivity index (χ3n) is 7.63. The van der Waals surface area contributed by atoms with Gasteiger partial charge in [0.2, 0.25) is 0 Å². The molecule has 1 amide bonds. The second kappa shape index (κ2) is 12.0. The number of carbonyl (C=O) groups excluding carboxylic acids is 1. The van der Waals surface area contributed by atoms with E-state index in [2.05, 4.69) is 34.2 Å². The first kappa shape index (κ1) is 25.6. The van der Waals surface area contributed by atoms with E-state index in [1.807, 2.05) is 47.4 Å². The molecule has 2 fully saturated rings. The van der Waals surface area contributed by atoms with Gasteiger partial charge in [0.25, 0.3) is 5.91 Å². The summed E-state index contributed by atoms with van der Waals surface area (Å²) in [6.07, 6.45) is 10.0. The van der Waals surface area contributed by atoms with Crippen molar-refractivity contribution in [3.05, 3.63) is 89.1 Å². The lowest BCUT2D eigenvalue weighted by molar-refractivity contribution is -0.129. The van der Waals surface area contributed by atoms with Crippen molar-refractivity contribution in [1.82, 2.24) is 14.7 Å². The predicted molar refractivity (Wildman–Crippen MR) is 145 cm³/mol. The lowest BCUT2D eigenvalue weighted by Crippen LogP contribution is -2.46. The molecule has 194 valence electrons. The van der Waals surface area contributed by atoms with Gasteiger partial charge in [0.15, 0.2) is 0 Å². The Hall–Kier alpha value is -4.07. The van der Waals surface area contributed by atoms with E-state index in [1.54, 1.807) is 12.1 Å². The van der Waals surface area contributed by atoms with Crippen LogP contribution in [-0.2, 0) is 11.3 Å². The maximum absolute atomic E-state index is 13.4. The van der Waals surface area contributed by atoms with Crippen LogP contribution in [0.2, 0.25) is 0 Å². The van der Waals surface area contributed by atoms with Crippen molar-refractivity contribution in [1.29, 1.82) is 10.5 Å². The van der Waals surface area contributed by atoms with Crippen LogP contribution in [0.15, 0.2) is 72.5 Å². The summed E-state index contributed by atoms with van der Waals surface area (Å²) in [6.45, 7) is 5.08. The zero-order valence-corrected chi connectivity index (χ0v) is 21.6. The number of benzene rings is 2. The molecule has 0 aromatic heterocycles. The highest BCUT2D eigenvalue weighted by Gasteiger charge is 2.29. The number of carbonyl (C=O) groups is 1. The molecule has 38 heavy (non-hydrogen) atoms. The van der Waals surface area contributed by atoms with Gasteiger partial charge in [-0.15, -0.1) is 0 Å². The number of hydrogen-bond donors (Lipinski definition) is 0. The lowest BCUT2D eigenvalue weighted by Gasteiger charge is -2.39. The highest BCUT2D eigenvalue weighted by molar-refractivity contribution is 5.96. The van der Waals surface area contributed by atoms with E-state index in [9.17, 15) is 4.79 Å². The minimum Gasteiger partial charge on any atom is -0.489 e. The molecule has 3 heterocycles. The molecule has 7 heteroatoms. The van der Waals surface area contributed by atoms with Crippen LogP contribution >= 0.6 is 0 Å². The molecular formula is C31H33N5O2. The first-order valence-corrected chi connectivity index (χ1v) is 13.4. The number of likely N-dealkylation sites (tertiary alicyclic amines) is 2. The van der Waals surface area contributed by atoms with Crippen molar-refractivity contribution in [2.24, 2.45) is 0 Å². The molecular weight excluding hydrogens is 474 g/mol. The van der Waals surface area contributed by atoms with Crippen molar-refractivity contribution in [2.45, 2.75) is 44.4 Å². The summed E-state index contributed by atoms with van der Waals surface area (Å²) in [5.41, 5.74) is 3.28. The quantitative estimate of drug-likeness (QED) is 0.582. The summed E-state index contributed by atoms with van der Waals surface area (Å²) < 4.78 is 6.13. The molecule has 3 aliphatic heterocycles. The fourth-order valence-electron chi connectivity index (χ4n) is 5.51. The van der Waals surface area contributed by atoms with E-state index >= 15 is 0 Å². The first-order chi connectivity index (χ1) is 18.6. The van der Waals surface area contributed by atoms with Crippen LogP contribution in [0.4, 0.5) is 0 Å². The number of amides is 1. The molecule has 0 spiro atoms. The van der Waals surface area contributed by atoms with Crippen LogP contribution in [-0.4, -0.2) is 65.5 Å². The third-order valence-corrected chi connectivity index (χ3v) is 7.63. The summed E-state index contributed by atoms with van der Waals surface area (Å²) in [4.78, 5) is 20.1. The van der Waals surface area contributed by atoms with Gasteiger partial charge in [-0.25, -0.2) is 0 Å². The van der Waals surface area contributed by atoms with E-state index in [0.29, 0.717) is 23.7 Å². The minimum atomic E-state index is -0.0506. The molecule has 1 unspecified atom stereocenters. The van der Waals surface area contributed by atoms with E-state index in [-0.39, 0.29) is 12.0 Å². The first-order valence-electron chi connectivity index (χ1n) is 13.4. The molecule has 0 N–H and O–H groups in total. The molecule has 2 aromatic carbocycles. The zero-order valence-electron chi connectivity index (χ0n) is 21.6. The van der Waals surface area contributed by atoms with Gasteiger partial charge in [-0.3, -0.25) is 9.69 Å². The maximum atomic E-state index is 13.4. The van der Waals surface area contributed by atoms with E-state index < -0.39 is 0 Å². The molecule has 0 saturated carbocycles. The van der Waals surface area contributed by atoms with E-state index in [1.165, 1.54) is 5.56 Å². The number of ether oxygens (including phenoxy) is 1. The highest BCUT2D eigenvalue weighted by Crippen LogP contribution is 2.24. The van der Waals surface area contributed by atoms with Gasteiger partial charge < -0.3 is 14.5 Å². The lowest BCUT2D eigenvalue weighted by atomic mass is 10.0. The average molecular weight is 508 g/mol. The Morgan fingerprint density at radius 1 is 0.921 bits per heavy atom. The summed E-state index contributed by atoms with van der Waals surface area (Å²) in [7, 11) is 0. The minimum absolute atomic E-state index is 0.0506. The van der Waals surface area contributed by atoms with Crippen molar-refractivity contribution in [2.75, 3.05) is 32.7 Å². The Morgan fingerprint density at radius 2 is 1.61 bits per heavy atom. The molecule has 0 bridgehead atoms. The Labute approximate surface area is 224 Å². The van der Waals surface area contributed by atoms with Gasteiger partial charge in [0.1, 0.15) is 11.9 Å². The van der Waals surface area contributed by atoms with Crippen molar-refractivity contribution in [3.63, 3.8) is 0 Å². The number of hydrogen-bond acceptors (Lipinski definition) is 6. The van der Waals surface area contributed by atoms with E-state index in [0.717, 1.165) is 69.7 Å². The SMILES string of the molecule is N#Cc1ccc(CN2CCC(N3C=C(C(=O)N4CCCC(Oc5ccc(C#N)cc5)C4)C=CC3)CC2)cc1. The third kappa shape index (κ3) is 6.25. The average Bonchev–Trinajstić information content (AvgIpc) is 2.98. The largest absolute Gasteiger partial charge is 0.489 e. The van der Waals surface area contributed by atoms with Crippen LogP contribution in [0.1, 0.15) is 42.4 Å². The van der Waals surface area contributed by atoms with Gasteiger partial charge in [-0.1, -0.05) is 24.3 Å². The second-order valence-corrected chi connectivity index (χ2v) is 10.3. The van der Waals surface area contributed by atoms with Crippen molar-refractivity contribution in [3.8, 4) is 17.9 Å². The van der Waals surface area contributed by atoms with Crippen molar-refractivity contribution < 1.29 is 9.53 Å². The monoisotopic (exact) mass is 507 g/mol. The van der Waals surface area contributed by atoms with Crippen LogP contribution in [0.3, 0.4) is 0 Å². The molecule has 0 radical (unpaired) electrons. The maximum Gasteiger partial charge on any atom is 0.255 e. The van der Waals surface area contributed by atoms with Gasteiger partial charge in [-0.05, 0) is 67.6 Å². The molecule has 2 saturated heterocycles. The predicted octanol–water partition coefficient (Wildman–Crippen LogP) is 4.22. The van der Waals surface area contributed by atoms with Crippen LogP contribution in [0, 0.1) is 22.7 Å². The molecule has 3 aliphatic rings. The summed E-state index contributed by atoms with van der Waals surface area (Å²) in [5, 5.41) is 18.0. The smallest absolute Gasteiger partial charge is 0.255 e. The fraction of sp³-hybridized carbons (Fsp3) is 0.387. The topological polar surface area (TPSA) is 83.6 Å². The molecule has 5 rings (SSSR count). The summed E-state index contributed by atoms with van der Waals surface area (Å²) in [6, 6.07) is 19.7. The zero-order chi connectivity index (χ0) is 26.3. The fourth-order valence-corrected chi connectivity index (χ4v) is 5.51. The number of nitriles is 2. The molecule has 0 aliphatic carbocycles. The molecule has 1 atom stereocenters. The van der Waals surface area contributed by atoms with Gasteiger partial charge >= 0.3 is 0 Å². The Morgan fingerprint density at radius 3 is 2.29 bits per heavy atom. The van der Waals surface area contributed by atoms with Crippen LogP contribution < -0.4 is 4.74 Å². The Bertz CT molecular complexity index is 1260. The van der Waals surface area contributed by atoms with Gasteiger partial charge in [-0.2, -0.15) is 10.5 Å². The van der Waals surface area contributed by atoms with Gasteiger partial charge in [0, 0.05) is 45.0 Å². The Balaban J connectivity index is 1.14. The number of nitrogens with zero attached hydrogens (tertiary/aromatic N) is 5. The number of rotatable bonds is 6. The van der Waals surface area contributed by atoms with Crippen molar-refractivity contribution >= 4 is 5.91 Å². The van der Waals surface area contributed by atoms with Crippen LogP contribution in [0.25, 0.3) is 0 Å². The summed E-state index contributed by atoms with van der Waals surface area (Å²) in [5.74, 6) is 0.800. The molecule has 7 nitrogen and oxygen atoms in total. The summed E-state index contributed by atoms with van der Waals surface area (Å²) >= 11 is 0. The standard InChI is InChI=1S/C31H33N5O2/c32-19-24-5-7-26(8-6-24)21-34-17-13-28(14-18-34)35-15-1-3-27(22-35)31(37)36-16-2-4-30(23-36)38-29-11-9-25(20-33)10-12-29/h1,3,5-12,22,28,30H,2,4,13-18,21,23H2. The van der Waals surface area contributed by atoms with E-state index in [4.69, 9.17) is 15.3 Å².